The molecule has 0 saturated carbocycles. The zero-order valence-corrected chi connectivity index (χ0v) is 16.5. The van der Waals surface area contributed by atoms with Crippen LogP contribution in [-0.2, 0) is 22.8 Å². The standard InChI is InChI=1S/C19H22F3N3O2S/c1-24(2)28(26,27)25-10-4-7-18(25)17-9-8-15(13-23-17)11-14-5-3-6-16(12-14)19(20,21)22/h3,5-6,8-9,12-13,18H,4,7,10-11H2,1-2H3/t18-/m1/s1. The Hall–Kier alpha value is -1.97. The van der Waals surface area contributed by atoms with Crippen molar-refractivity contribution in [3.05, 3.63) is 65.0 Å². The molecule has 9 heteroatoms. The van der Waals surface area contributed by atoms with Gasteiger partial charge in [0.05, 0.1) is 17.3 Å². The van der Waals surface area contributed by atoms with Crippen LogP contribution in [-0.4, -0.2) is 42.7 Å². The monoisotopic (exact) mass is 413 g/mol. The SMILES string of the molecule is CN(C)S(=O)(=O)N1CCC[C@@H]1c1ccc(Cc2cccc(C(F)(F)F)c2)cn1. The molecule has 1 aliphatic rings. The largest absolute Gasteiger partial charge is 0.416 e. The summed E-state index contributed by atoms with van der Waals surface area (Å²) < 4.78 is 66.1. The fourth-order valence-electron chi connectivity index (χ4n) is 3.35. The molecule has 1 saturated heterocycles. The number of alkyl halides is 3. The first kappa shape index (κ1) is 20.8. The van der Waals surface area contributed by atoms with Crippen LogP contribution in [0.25, 0.3) is 0 Å². The van der Waals surface area contributed by atoms with Crippen LogP contribution >= 0.6 is 0 Å². The summed E-state index contributed by atoms with van der Waals surface area (Å²) in [6.45, 7) is 0.443. The van der Waals surface area contributed by atoms with Crippen molar-refractivity contribution < 1.29 is 21.6 Å². The molecule has 1 aromatic heterocycles. The maximum Gasteiger partial charge on any atom is 0.416 e. The molecule has 2 aromatic rings. The highest BCUT2D eigenvalue weighted by atomic mass is 32.2. The summed E-state index contributed by atoms with van der Waals surface area (Å²) in [5.41, 5.74) is 1.28. The minimum atomic E-state index is -4.37. The Morgan fingerprint density at radius 1 is 1.18 bits per heavy atom. The van der Waals surface area contributed by atoms with Crippen LogP contribution in [0, 0.1) is 0 Å². The number of hydrogen-bond donors (Lipinski definition) is 0. The predicted octanol–water partition coefficient (Wildman–Crippen LogP) is 3.63. The van der Waals surface area contributed by atoms with Gasteiger partial charge in [-0.05, 0) is 42.5 Å². The molecule has 1 aromatic carbocycles. The Morgan fingerprint density at radius 2 is 1.93 bits per heavy atom. The van der Waals surface area contributed by atoms with E-state index in [0.717, 1.165) is 24.1 Å². The normalized spacial score (nSPS) is 18.7. The van der Waals surface area contributed by atoms with Crippen molar-refractivity contribution in [3.8, 4) is 0 Å². The fraction of sp³-hybridized carbons (Fsp3) is 0.421. The number of hydrogen-bond acceptors (Lipinski definition) is 3. The van der Waals surface area contributed by atoms with Crippen LogP contribution in [0.1, 0.15) is 41.3 Å². The third-order valence-electron chi connectivity index (χ3n) is 4.81. The van der Waals surface area contributed by atoms with Crippen molar-refractivity contribution in [1.29, 1.82) is 0 Å². The van der Waals surface area contributed by atoms with Gasteiger partial charge in [-0.3, -0.25) is 4.98 Å². The van der Waals surface area contributed by atoms with Crippen LogP contribution < -0.4 is 0 Å². The van der Waals surface area contributed by atoms with Gasteiger partial charge >= 0.3 is 6.18 Å². The van der Waals surface area contributed by atoms with E-state index in [0.29, 0.717) is 30.6 Å². The second-order valence-corrected chi connectivity index (χ2v) is 9.12. The van der Waals surface area contributed by atoms with E-state index in [4.69, 9.17) is 0 Å². The van der Waals surface area contributed by atoms with E-state index in [-0.39, 0.29) is 6.04 Å². The van der Waals surface area contributed by atoms with Gasteiger partial charge in [0.15, 0.2) is 0 Å². The fourth-order valence-corrected chi connectivity index (χ4v) is 4.67. The number of benzene rings is 1. The van der Waals surface area contributed by atoms with Gasteiger partial charge in [-0.15, -0.1) is 0 Å². The summed E-state index contributed by atoms with van der Waals surface area (Å²) in [7, 11) is -0.539. The van der Waals surface area contributed by atoms with Gasteiger partial charge in [-0.1, -0.05) is 24.3 Å². The lowest BCUT2D eigenvalue weighted by Crippen LogP contribution is -2.39. The minimum Gasteiger partial charge on any atom is -0.259 e. The molecule has 1 fully saturated rings. The van der Waals surface area contributed by atoms with Gasteiger partial charge in [0.1, 0.15) is 0 Å². The van der Waals surface area contributed by atoms with E-state index < -0.39 is 21.9 Å². The Balaban J connectivity index is 1.77. The number of rotatable bonds is 5. The van der Waals surface area contributed by atoms with Gasteiger partial charge in [0.2, 0.25) is 0 Å². The van der Waals surface area contributed by atoms with E-state index in [1.165, 1.54) is 28.8 Å². The molecule has 0 amide bonds. The summed E-state index contributed by atoms with van der Waals surface area (Å²) in [6.07, 6.45) is -1.00. The summed E-state index contributed by atoms with van der Waals surface area (Å²) in [6, 6.07) is 8.45. The molecule has 1 atom stereocenters. The molecule has 0 N–H and O–H groups in total. The molecule has 5 nitrogen and oxygen atoms in total. The third-order valence-corrected chi connectivity index (χ3v) is 6.77. The highest BCUT2D eigenvalue weighted by Crippen LogP contribution is 2.34. The van der Waals surface area contributed by atoms with E-state index in [2.05, 4.69) is 4.98 Å². The van der Waals surface area contributed by atoms with Gasteiger partial charge in [-0.2, -0.15) is 30.2 Å². The summed E-state index contributed by atoms with van der Waals surface area (Å²) in [4.78, 5) is 4.40. The molecule has 3 rings (SSSR count). The van der Waals surface area contributed by atoms with Gasteiger partial charge < -0.3 is 0 Å². The first-order valence-corrected chi connectivity index (χ1v) is 10.3. The summed E-state index contributed by atoms with van der Waals surface area (Å²) in [5.74, 6) is 0. The van der Waals surface area contributed by atoms with Crippen molar-refractivity contribution in [2.45, 2.75) is 31.5 Å². The molecule has 152 valence electrons. The van der Waals surface area contributed by atoms with E-state index in [9.17, 15) is 21.6 Å². The summed E-state index contributed by atoms with van der Waals surface area (Å²) >= 11 is 0. The Bertz CT molecular complexity index is 928. The minimum absolute atomic E-state index is 0.321. The molecule has 1 aliphatic heterocycles. The van der Waals surface area contributed by atoms with Crippen LogP contribution in [0.2, 0.25) is 0 Å². The topological polar surface area (TPSA) is 53.5 Å². The molecular weight excluding hydrogens is 391 g/mol. The smallest absolute Gasteiger partial charge is 0.259 e. The molecule has 0 spiro atoms. The zero-order valence-electron chi connectivity index (χ0n) is 15.6. The van der Waals surface area contributed by atoms with Crippen LogP contribution in [0.5, 0.6) is 0 Å². The van der Waals surface area contributed by atoms with E-state index in [1.54, 1.807) is 24.4 Å². The lowest BCUT2D eigenvalue weighted by molar-refractivity contribution is -0.137. The highest BCUT2D eigenvalue weighted by molar-refractivity contribution is 7.86. The van der Waals surface area contributed by atoms with Gasteiger partial charge in [0.25, 0.3) is 10.2 Å². The Morgan fingerprint density at radius 3 is 2.54 bits per heavy atom. The first-order chi connectivity index (χ1) is 13.1. The second-order valence-electron chi connectivity index (χ2n) is 7.03. The van der Waals surface area contributed by atoms with Crippen LogP contribution in [0.15, 0.2) is 42.6 Å². The van der Waals surface area contributed by atoms with Crippen molar-refractivity contribution in [1.82, 2.24) is 13.6 Å². The number of halogens is 3. The molecule has 0 aliphatic carbocycles. The van der Waals surface area contributed by atoms with Gasteiger partial charge in [-0.25, -0.2) is 0 Å². The van der Waals surface area contributed by atoms with Crippen LogP contribution in [0.4, 0.5) is 13.2 Å². The van der Waals surface area contributed by atoms with Crippen molar-refractivity contribution >= 4 is 10.2 Å². The maximum atomic E-state index is 12.9. The zero-order chi connectivity index (χ0) is 20.5. The average molecular weight is 413 g/mol. The summed E-state index contributed by atoms with van der Waals surface area (Å²) in [5, 5.41) is 0. The van der Waals surface area contributed by atoms with Crippen molar-refractivity contribution in [2.75, 3.05) is 20.6 Å². The molecule has 0 unspecified atom stereocenters. The quantitative estimate of drug-likeness (QED) is 0.752. The average Bonchev–Trinajstić information content (AvgIpc) is 3.12. The number of nitrogens with zero attached hydrogens (tertiary/aromatic N) is 3. The van der Waals surface area contributed by atoms with Crippen molar-refractivity contribution in [3.63, 3.8) is 0 Å². The van der Waals surface area contributed by atoms with Crippen molar-refractivity contribution in [2.24, 2.45) is 0 Å². The highest BCUT2D eigenvalue weighted by Gasteiger charge is 2.37. The lowest BCUT2D eigenvalue weighted by atomic mass is 10.0. The van der Waals surface area contributed by atoms with Crippen LogP contribution in [0.3, 0.4) is 0 Å². The Kier molecular flexibility index (Phi) is 5.79. The second kappa shape index (κ2) is 7.81. The maximum absolute atomic E-state index is 12.9. The van der Waals surface area contributed by atoms with Gasteiger partial charge in [0, 0.05) is 26.8 Å². The molecular formula is C19H22F3N3O2S. The molecule has 0 bridgehead atoms. The molecule has 2 heterocycles. The third kappa shape index (κ3) is 4.37. The predicted molar refractivity (Wildman–Crippen MR) is 99.8 cm³/mol. The van der Waals surface area contributed by atoms with E-state index >= 15 is 0 Å². The first-order valence-electron chi connectivity index (χ1n) is 8.89. The van der Waals surface area contributed by atoms with E-state index in [1.807, 2.05) is 0 Å². The molecule has 28 heavy (non-hydrogen) atoms. The number of aromatic nitrogens is 1. The Labute approximate surface area is 163 Å². The lowest BCUT2D eigenvalue weighted by Gasteiger charge is -2.26. The molecule has 0 radical (unpaired) electrons. The number of pyridine rings is 1.